The number of phosphoric acid groups is 2. The third-order valence-electron chi connectivity index (χ3n) is 20.7. The highest BCUT2D eigenvalue weighted by Crippen LogP contribution is 2.45. The monoisotopic (exact) mass is 1550 g/mol. The molecule has 0 saturated carbocycles. The largest absolute Gasteiger partial charge is 0.472 e. The highest BCUT2D eigenvalue weighted by molar-refractivity contribution is 7.47. The lowest BCUT2D eigenvalue weighted by molar-refractivity contribution is -0.161. The maximum Gasteiger partial charge on any atom is 0.472 e. The van der Waals surface area contributed by atoms with Gasteiger partial charge in [-0.15, -0.1) is 0 Å². The Kier molecular flexibility index (Phi) is 75.6. The maximum atomic E-state index is 13.2. The van der Waals surface area contributed by atoms with Crippen LogP contribution in [0.4, 0.5) is 0 Å². The summed E-state index contributed by atoms with van der Waals surface area (Å²) in [5.74, 6) is 0.346. The first kappa shape index (κ1) is 104. The van der Waals surface area contributed by atoms with Crippen molar-refractivity contribution in [2.45, 2.75) is 478 Å². The smallest absolute Gasteiger partial charge is 0.462 e. The summed E-state index contributed by atoms with van der Waals surface area (Å²) in [4.78, 5) is 73.3. The van der Waals surface area contributed by atoms with Gasteiger partial charge in [-0.25, -0.2) is 9.13 Å². The van der Waals surface area contributed by atoms with Crippen LogP contribution >= 0.6 is 15.6 Å². The zero-order valence-corrected chi connectivity index (χ0v) is 71.7. The van der Waals surface area contributed by atoms with E-state index in [4.69, 9.17) is 37.0 Å². The Bertz CT molecular complexity index is 2050. The van der Waals surface area contributed by atoms with Gasteiger partial charge >= 0.3 is 39.5 Å². The molecule has 0 spiro atoms. The second-order valence-corrected chi connectivity index (χ2v) is 35.4. The van der Waals surface area contributed by atoms with Crippen molar-refractivity contribution in [3.63, 3.8) is 0 Å². The fourth-order valence-electron chi connectivity index (χ4n) is 13.5. The van der Waals surface area contributed by atoms with Gasteiger partial charge in [0.2, 0.25) is 0 Å². The first-order chi connectivity index (χ1) is 51.3. The molecule has 0 aromatic heterocycles. The highest BCUT2D eigenvalue weighted by Gasteiger charge is 2.31. The molecule has 630 valence electrons. The fraction of sp³-hybridized carbons (Fsp3) is 0.954. The molecule has 0 fully saturated rings. The molecule has 0 aromatic rings. The van der Waals surface area contributed by atoms with Crippen LogP contribution in [0.5, 0.6) is 0 Å². The molecular formula is C87H170O17P2. The van der Waals surface area contributed by atoms with Crippen LogP contribution in [-0.4, -0.2) is 96.7 Å². The van der Waals surface area contributed by atoms with Gasteiger partial charge in [0.1, 0.15) is 19.3 Å². The van der Waals surface area contributed by atoms with Gasteiger partial charge in [0.15, 0.2) is 12.2 Å². The van der Waals surface area contributed by atoms with E-state index in [1.165, 1.54) is 270 Å². The molecule has 0 amide bonds. The highest BCUT2D eigenvalue weighted by atomic mass is 31.2. The molecule has 0 aliphatic carbocycles. The Morgan fingerprint density at radius 1 is 0.274 bits per heavy atom. The van der Waals surface area contributed by atoms with E-state index in [0.29, 0.717) is 25.7 Å². The molecule has 0 bridgehead atoms. The first-order valence-electron chi connectivity index (χ1n) is 44.9. The number of phosphoric ester groups is 2. The number of carbonyl (C=O) groups is 4. The minimum atomic E-state index is -4.97. The van der Waals surface area contributed by atoms with Crippen LogP contribution < -0.4 is 0 Å². The van der Waals surface area contributed by atoms with Gasteiger partial charge in [0.25, 0.3) is 0 Å². The van der Waals surface area contributed by atoms with Crippen molar-refractivity contribution in [1.82, 2.24) is 0 Å². The van der Waals surface area contributed by atoms with Crippen molar-refractivity contribution >= 4 is 39.5 Å². The van der Waals surface area contributed by atoms with Crippen LogP contribution in [0.2, 0.25) is 0 Å². The molecule has 106 heavy (non-hydrogen) atoms. The molecule has 0 aromatic carbocycles. The number of ether oxygens (including phenoxy) is 4. The topological polar surface area (TPSA) is 237 Å². The Balaban J connectivity index is 5.25. The first-order valence-corrected chi connectivity index (χ1v) is 47.9. The average Bonchev–Trinajstić information content (AvgIpc) is 0.902. The van der Waals surface area contributed by atoms with Gasteiger partial charge in [-0.2, -0.15) is 0 Å². The summed E-state index contributed by atoms with van der Waals surface area (Å²) < 4.78 is 68.9. The minimum absolute atomic E-state index is 0.107. The molecule has 0 saturated heterocycles. The van der Waals surface area contributed by atoms with Gasteiger partial charge < -0.3 is 33.8 Å². The van der Waals surface area contributed by atoms with Crippen LogP contribution in [-0.2, 0) is 65.4 Å². The summed E-state index contributed by atoms with van der Waals surface area (Å²) in [7, 11) is -9.93. The zero-order valence-electron chi connectivity index (χ0n) is 69.9. The predicted octanol–water partition coefficient (Wildman–Crippen LogP) is 26.5. The van der Waals surface area contributed by atoms with E-state index in [-0.39, 0.29) is 25.7 Å². The zero-order chi connectivity index (χ0) is 77.9. The number of rotatable bonds is 85. The van der Waals surface area contributed by atoms with Gasteiger partial charge in [0.05, 0.1) is 26.4 Å². The van der Waals surface area contributed by atoms with Crippen molar-refractivity contribution in [1.29, 1.82) is 0 Å². The minimum Gasteiger partial charge on any atom is -0.462 e. The van der Waals surface area contributed by atoms with Gasteiger partial charge in [-0.05, 0) is 43.4 Å². The summed E-state index contributed by atoms with van der Waals surface area (Å²) in [5, 5.41) is 10.7. The quantitative estimate of drug-likeness (QED) is 0.0222. The van der Waals surface area contributed by atoms with Crippen LogP contribution in [0, 0.1) is 17.8 Å². The van der Waals surface area contributed by atoms with Gasteiger partial charge in [0, 0.05) is 25.7 Å². The van der Waals surface area contributed by atoms with Crippen LogP contribution in [0.15, 0.2) is 0 Å². The number of aliphatic hydroxyl groups excluding tert-OH is 1. The number of aliphatic hydroxyl groups is 1. The van der Waals surface area contributed by atoms with Gasteiger partial charge in [-0.3, -0.25) is 37.3 Å². The van der Waals surface area contributed by atoms with E-state index < -0.39 is 97.5 Å². The Morgan fingerprint density at radius 3 is 0.717 bits per heavy atom. The molecule has 0 heterocycles. The predicted molar refractivity (Wildman–Crippen MR) is 437 cm³/mol. The number of hydrogen-bond donors (Lipinski definition) is 3. The third-order valence-corrected chi connectivity index (χ3v) is 22.6. The second kappa shape index (κ2) is 77.0. The van der Waals surface area contributed by atoms with Crippen molar-refractivity contribution in [3.05, 3.63) is 0 Å². The van der Waals surface area contributed by atoms with E-state index >= 15 is 0 Å². The number of carbonyl (C=O) groups excluding carboxylic acids is 4. The Morgan fingerprint density at radius 2 is 0.481 bits per heavy atom. The van der Waals surface area contributed by atoms with Crippen molar-refractivity contribution in [2.24, 2.45) is 17.8 Å². The Labute approximate surface area is 651 Å². The summed E-state index contributed by atoms with van der Waals surface area (Å²) >= 11 is 0. The van der Waals surface area contributed by atoms with Crippen molar-refractivity contribution in [3.8, 4) is 0 Å². The summed E-state index contributed by atoms with van der Waals surface area (Å²) in [6.45, 7) is 12.1. The number of unbranched alkanes of at least 4 members (excludes halogenated alkanes) is 52. The molecule has 0 rings (SSSR count). The molecule has 0 aliphatic rings. The van der Waals surface area contributed by atoms with E-state index in [9.17, 15) is 43.2 Å². The Hall–Kier alpha value is -1.94. The number of esters is 4. The molecule has 17 nitrogen and oxygen atoms in total. The van der Waals surface area contributed by atoms with E-state index in [1.807, 2.05) is 0 Å². The normalized spacial score (nSPS) is 14.1. The molecule has 0 radical (unpaired) electrons. The lowest BCUT2D eigenvalue weighted by Crippen LogP contribution is -2.30. The van der Waals surface area contributed by atoms with E-state index in [0.717, 1.165) is 108 Å². The fourth-order valence-corrected chi connectivity index (χ4v) is 15.1. The third kappa shape index (κ3) is 78.7. The van der Waals surface area contributed by atoms with Crippen LogP contribution in [0.1, 0.15) is 459 Å². The summed E-state index contributed by atoms with van der Waals surface area (Å²) in [6, 6.07) is 0. The molecular weight excluding hydrogens is 1380 g/mol. The van der Waals surface area contributed by atoms with Crippen molar-refractivity contribution in [2.75, 3.05) is 39.6 Å². The van der Waals surface area contributed by atoms with Crippen molar-refractivity contribution < 1.29 is 80.2 Å². The molecule has 3 unspecified atom stereocenters. The summed E-state index contributed by atoms with van der Waals surface area (Å²) in [5.41, 5.74) is 0. The van der Waals surface area contributed by atoms with Crippen LogP contribution in [0.25, 0.3) is 0 Å². The standard InChI is InChI=1S/C87H170O17P2/c1-8-10-11-12-13-14-15-33-40-47-54-61-68-84(89)97-74-82(104-87(92)71-64-57-50-43-36-29-28-31-38-45-52-59-66-79(5)6)76-101-105(93,94)99-72-81(88)73-100-106(95,96)102-77-83(75-98-85(90)69-62-55-48-41-34-26-23-22-25-32-39-46-53-60-67-80(7)9-2)103-86(91)70-63-56-49-42-35-27-21-19-17-16-18-20-24-30-37-44-51-58-65-78(3)4/h78-83,88H,8-77H2,1-7H3,(H,93,94)(H,95,96)/t80?,81-,82+,83+/m0/s1. The lowest BCUT2D eigenvalue weighted by Gasteiger charge is -2.21. The molecule has 0 aliphatic heterocycles. The maximum absolute atomic E-state index is 13.2. The van der Waals surface area contributed by atoms with E-state index in [1.54, 1.807) is 0 Å². The van der Waals surface area contributed by atoms with E-state index in [2.05, 4.69) is 48.5 Å². The second-order valence-electron chi connectivity index (χ2n) is 32.5. The molecule has 19 heteroatoms. The van der Waals surface area contributed by atoms with Gasteiger partial charge in [-0.1, -0.05) is 408 Å². The average molecular weight is 1550 g/mol. The number of hydrogen-bond acceptors (Lipinski definition) is 15. The molecule has 3 N–H and O–H groups in total. The lowest BCUT2D eigenvalue weighted by atomic mass is 9.99. The summed E-state index contributed by atoms with van der Waals surface area (Å²) in [6.07, 6.45) is 67.9. The van der Waals surface area contributed by atoms with Crippen LogP contribution in [0.3, 0.4) is 0 Å². The SMILES string of the molecule is CCCCCCCCCCCCCCC(=O)OC[C@H](COP(=O)(O)OC[C@H](O)COP(=O)(O)OC[C@@H](COC(=O)CCCCCCCCCCCCCCCCC(C)CC)OC(=O)CCCCCCCCCCCCCCCCCCCCC(C)C)OC(=O)CCCCCCCCCCCCCCC(C)C. The molecule has 6 atom stereocenters.